The van der Waals surface area contributed by atoms with Crippen molar-refractivity contribution in [1.29, 1.82) is 0 Å². The molecule has 15 heavy (non-hydrogen) atoms. The van der Waals surface area contributed by atoms with Crippen molar-refractivity contribution in [3.05, 3.63) is 34.6 Å². The number of para-hydroxylation sites is 1. The lowest BCUT2D eigenvalue weighted by molar-refractivity contribution is 0.758. The second kappa shape index (κ2) is 4.28. The molecule has 1 heterocycles. The third-order valence-corrected chi connectivity index (χ3v) is 2.80. The zero-order chi connectivity index (χ0) is 10.8. The maximum absolute atomic E-state index is 5.97. The van der Waals surface area contributed by atoms with Crippen LogP contribution in [0.3, 0.4) is 0 Å². The van der Waals surface area contributed by atoms with Gasteiger partial charge in [0.1, 0.15) is 0 Å². The molecule has 0 aliphatic carbocycles. The van der Waals surface area contributed by atoms with E-state index in [0.717, 1.165) is 10.2 Å². The predicted molar refractivity (Wildman–Crippen MR) is 61.1 cm³/mol. The average Bonchev–Trinajstić information content (AvgIpc) is 2.67. The van der Waals surface area contributed by atoms with E-state index in [2.05, 4.69) is 31.5 Å². The highest BCUT2D eigenvalue weighted by molar-refractivity contribution is 9.10. The van der Waals surface area contributed by atoms with Crippen LogP contribution < -0.4 is 0 Å². The summed E-state index contributed by atoms with van der Waals surface area (Å²) >= 11 is 9.41. The van der Waals surface area contributed by atoms with E-state index in [1.807, 2.05) is 31.2 Å². The minimum absolute atomic E-state index is 0.230. The first-order valence-corrected chi connectivity index (χ1v) is 5.60. The van der Waals surface area contributed by atoms with E-state index in [-0.39, 0.29) is 5.38 Å². The van der Waals surface area contributed by atoms with Crippen LogP contribution in [0.15, 0.2) is 28.7 Å². The molecule has 0 amide bonds. The van der Waals surface area contributed by atoms with Gasteiger partial charge in [0.15, 0.2) is 5.82 Å². The Labute approximate surface area is 100 Å². The molecule has 1 aromatic carbocycles. The Kier molecular flexibility index (Phi) is 3.02. The van der Waals surface area contributed by atoms with Gasteiger partial charge in [-0.2, -0.15) is 4.68 Å². The normalized spacial score (nSPS) is 12.7. The van der Waals surface area contributed by atoms with Gasteiger partial charge in [-0.15, -0.1) is 16.7 Å². The molecule has 1 atom stereocenters. The van der Waals surface area contributed by atoms with E-state index in [0.29, 0.717) is 5.82 Å². The summed E-state index contributed by atoms with van der Waals surface area (Å²) in [6.07, 6.45) is 0. The lowest BCUT2D eigenvalue weighted by atomic mass is 10.3. The van der Waals surface area contributed by atoms with E-state index in [1.165, 1.54) is 0 Å². The van der Waals surface area contributed by atoms with E-state index in [9.17, 15) is 0 Å². The lowest BCUT2D eigenvalue weighted by Gasteiger charge is -2.06. The number of nitrogens with zero attached hydrogens (tertiary/aromatic N) is 4. The summed E-state index contributed by atoms with van der Waals surface area (Å²) in [5, 5.41) is 11.2. The number of alkyl halides is 1. The molecule has 0 saturated heterocycles. The van der Waals surface area contributed by atoms with Gasteiger partial charge in [-0.3, -0.25) is 0 Å². The van der Waals surface area contributed by atoms with Crippen molar-refractivity contribution < 1.29 is 0 Å². The Morgan fingerprint density at radius 1 is 1.40 bits per heavy atom. The van der Waals surface area contributed by atoms with Gasteiger partial charge in [0.05, 0.1) is 11.1 Å². The van der Waals surface area contributed by atoms with Gasteiger partial charge in [-0.1, -0.05) is 12.1 Å². The number of hydrogen-bond donors (Lipinski definition) is 0. The molecular formula is C9H8BrClN4. The zero-order valence-electron chi connectivity index (χ0n) is 7.93. The Morgan fingerprint density at radius 3 is 2.80 bits per heavy atom. The van der Waals surface area contributed by atoms with Crippen molar-refractivity contribution in [2.45, 2.75) is 12.3 Å². The van der Waals surface area contributed by atoms with Gasteiger partial charge in [-0.05, 0) is 45.4 Å². The summed E-state index contributed by atoms with van der Waals surface area (Å²) in [6.45, 7) is 1.83. The summed E-state index contributed by atoms with van der Waals surface area (Å²) in [5.74, 6) is 0.628. The molecular weight excluding hydrogens is 279 g/mol. The number of aromatic nitrogens is 4. The van der Waals surface area contributed by atoms with Crippen molar-refractivity contribution in [3.8, 4) is 5.69 Å². The number of benzene rings is 1. The van der Waals surface area contributed by atoms with Gasteiger partial charge in [0, 0.05) is 4.47 Å². The van der Waals surface area contributed by atoms with E-state index in [4.69, 9.17) is 11.6 Å². The number of tetrazole rings is 1. The van der Waals surface area contributed by atoms with Gasteiger partial charge in [0.2, 0.25) is 0 Å². The molecule has 1 unspecified atom stereocenters. The number of hydrogen-bond acceptors (Lipinski definition) is 3. The quantitative estimate of drug-likeness (QED) is 0.798. The van der Waals surface area contributed by atoms with Crippen molar-refractivity contribution in [2.75, 3.05) is 0 Å². The minimum atomic E-state index is -0.230. The Hall–Kier alpha value is -0.940. The SMILES string of the molecule is CC(Cl)c1nnnn1-c1ccccc1Br. The molecule has 2 aromatic rings. The van der Waals surface area contributed by atoms with Crippen LogP contribution in [0.5, 0.6) is 0 Å². The smallest absolute Gasteiger partial charge is 0.174 e. The molecule has 1 aromatic heterocycles. The third kappa shape index (κ3) is 2.03. The summed E-state index contributed by atoms with van der Waals surface area (Å²) in [7, 11) is 0. The Morgan fingerprint density at radius 2 is 2.13 bits per heavy atom. The summed E-state index contributed by atoms with van der Waals surface area (Å²) in [6, 6.07) is 7.70. The highest BCUT2D eigenvalue weighted by atomic mass is 79.9. The lowest BCUT2D eigenvalue weighted by Crippen LogP contribution is -2.04. The van der Waals surface area contributed by atoms with Crippen LogP contribution in [-0.2, 0) is 0 Å². The molecule has 4 nitrogen and oxygen atoms in total. The monoisotopic (exact) mass is 286 g/mol. The van der Waals surface area contributed by atoms with Crippen LogP contribution in [0.25, 0.3) is 5.69 Å². The van der Waals surface area contributed by atoms with Crippen LogP contribution in [0, 0.1) is 0 Å². The van der Waals surface area contributed by atoms with Crippen LogP contribution in [-0.4, -0.2) is 20.2 Å². The van der Waals surface area contributed by atoms with Crippen molar-refractivity contribution in [1.82, 2.24) is 20.2 Å². The highest BCUT2D eigenvalue weighted by Crippen LogP contribution is 2.24. The molecule has 0 saturated carbocycles. The van der Waals surface area contributed by atoms with Crippen LogP contribution in [0.1, 0.15) is 18.1 Å². The molecule has 78 valence electrons. The van der Waals surface area contributed by atoms with Crippen molar-refractivity contribution in [2.24, 2.45) is 0 Å². The summed E-state index contributed by atoms with van der Waals surface area (Å²) in [5.41, 5.74) is 0.880. The molecule has 0 aliphatic heterocycles. The average molecular weight is 288 g/mol. The van der Waals surface area contributed by atoms with Crippen molar-refractivity contribution in [3.63, 3.8) is 0 Å². The molecule has 0 N–H and O–H groups in total. The first-order chi connectivity index (χ1) is 7.20. The van der Waals surface area contributed by atoms with E-state index < -0.39 is 0 Å². The fraction of sp³-hybridized carbons (Fsp3) is 0.222. The van der Waals surface area contributed by atoms with Crippen LogP contribution in [0.4, 0.5) is 0 Å². The number of halogens is 2. The largest absolute Gasteiger partial charge is 0.195 e. The molecule has 6 heteroatoms. The molecule has 0 radical (unpaired) electrons. The van der Waals surface area contributed by atoms with Gasteiger partial charge in [-0.25, -0.2) is 0 Å². The minimum Gasteiger partial charge on any atom is -0.195 e. The highest BCUT2D eigenvalue weighted by Gasteiger charge is 2.14. The number of rotatable bonds is 2. The first-order valence-electron chi connectivity index (χ1n) is 4.37. The molecule has 2 rings (SSSR count). The predicted octanol–water partition coefficient (Wildman–Crippen LogP) is 2.72. The summed E-state index contributed by atoms with van der Waals surface area (Å²) in [4.78, 5) is 0. The van der Waals surface area contributed by atoms with Crippen LogP contribution in [0.2, 0.25) is 0 Å². The third-order valence-electron chi connectivity index (χ3n) is 1.93. The Balaban J connectivity index is 2.55. The second-order valence-electron chi connectivity index (χ2n) is 3.02. The standard InChI is InChI=1S/C9H8BrClN4/c1-6(11)9-12-13-14-15(9)8-5-3-2-4-7(8)10/h2-6H,1H3. The van der Waals surface area contributed by atoms with Gasteiger partial charge < -0.3 is 0 Å². The van der Waals surface area contributed by atoms with Gasteiger partial charge >= 0.3 is 0 Å². The molecule has 0 aliphatic rings. The fourth-order valence-corrected chi connectivity index (χ4v) is 1.83. The van der Waals surface area contributed by atoms with E-state index >= 15 is 0 Å². The maximum Gasteiger partial charge on any atom is 0.174 e. The molecule has 0 spiro atoms. The zero-order valence-corrected chi connectivity index (χ0v) is 10.3. The second-order valence-corrected chi connectivity index (χ2v) is 4.53. The molecule has 0 bridgehead atoms. The first kappa shape index (κ1) is 10.6. The maximum atomic E-state index is 5.97. The van der Waals surface area contributed by atoms with Crippen LogP contribution >= 0.6 is 27.5 Å². The Bertz CT molecular complexity index is 469. The summed E-state index contributed by atoms with van der Waals surface area (Å²) < 4.78 is 2.55. The topological polar surface area (TPSA) is 43.6 Å². The van der Waals surface area contributed by atoms with Crippen molar-refractivity contribution >= 4 is 27.5 Å². The fourth-order valence-electron chi connectivity index (χ4n) is 1.24. The van der Waals surface area contributed by atoms with Gasteiger partial charge in [0.25, 0.3) is 0 Å². The van der Waals surface area contributed by atoms with E-state index in [1.54, 1.807) is 4.68 Å². The molecule has 0 fully saturated rings.